The van der Waals surface area contributed by atoms with Crippen molar-refractivity contribution in [1.29, 1.82) is 0 Å². The van der Waals surface area contributed by atoms with Crippen LogP contribution in [0.25, 0.3) is 10.8 Å². The van der Waals surface area contributed by atoms with Gasteiger partial charge in [-0.05, 0) is 35.0 Å². The van der Waals surface area contributed by atoms with Crippen molar-refractivity contribution in [1.82, 2.24) is 19.9 Å². The van der Waals surface area contributed by atoms with Gasteiger partial charge in [0.2, 0.25) is 11.9 Å². The zero-order valence-corrected chi connectivity index (χ0v) is 17.3. The lowest BCUT2D eigenvalue weighted by atomic mass is 10.1. The maximum atomic E-state index is 5.98. The molecule has 5 rings (SSSR count). The molecule has 7 heteroatoms. The lowest BCUT2D eigenvalue weighted by Gasteiger charge is -2.35. The van der Waals surface area contributed by atoms with Gasteiger partial charge in [-0.1, -0.05) is 48.5 Å². The minimum Gasteiger partial charge on any atom is -0.369 e. The molecule has 0 spiro atoms. The molecule has 4 aromatic rings. The zero-order chi connectivity index (χ0) is 21.0. The molecule has 0 aliphatic carbocycles. The first-order valence-electron chi connectivity index (χ1n) is 10.5. The molecule has 1 aromatic heterocycles. The number of nitrogens with zero attached hydrogens (tertiary/aromatic N) is 5. The molecule has 0 unspecified atom stereocenters. The van der Waals surface area contributed by atoms with Crippen molar-refractivity contribution in [2.75, 3.05) is 42.1 Å². The molecule has 0 radical (unpaired) electrons. The Morgan fingerprint density at radius 3 is 2.32 bits per heavy atom. The molecule has 31 heavy (non-hydrogen) atoms. The van der Waals surface area contributed by atoms with Crippen LogP contribution in [0.3, 0.4) is 0 Å². The number of aromatic nitrogens is 3. The quantitative estimate of drug-likeness (QED) is 0.518. The van der Waals surface area contributed by atoms with Gasteiger partial charge in [0.05, 0.1) is 6.54 Å². The molecule has 1 aliphatic rings. The fourth-order valence-electron chi connectivity index (χ4n) is 3.96. The van der Waals surface area contributed by atoms with Crippen LogP contribution in [-0.4, -0.2) is 46.0 Å². The third-order valence-electron chi connectivity index (χ3n) is 5.56. The van der Waals surface area contributed by atoms with Gasteiger partial charge in [0.25, 0.3) is 0 Å². The second-order valence-electron chi connectivity index (χ2n) is 7.72. The van der Waals surface area contributed by atoms with E-state index in [0.717, 1.165) is 37.3 Å². The van der Waals surface area contributed by atoms with Crippen LogP contribution in [0.1, 0.15) is 5.82 Å². The third kappa shape index (κ3) is 4.57. The molecular weight excluding hydrogens is 386 g/mol. The Morgan fingerprint density at radius 2 is 1.52 bits per heavy atom. The molecule has 0 atom stereocenters. The fourth-order valence-corrected chi connectivity index (χ4v) is 3.96. The average Bonchev–Trinajstić information content (AvgIpc) is 2.80. The second-order valence-corrected chi connectivity index (χ2v) is 7.72. The summed E-state index contributed by atoms with van der Waals surface area (Å²) in [7, 11) is 0. The van der Waals surface area contributed by atoms with Crippen LogP contribution >= 0.6 is 0 Å². The van der Waals surface area contributed by atoms with E-state index >= 15 is 0 Å². The van der Waals surface area contributed by atoms with Crippen LogP contribution in [0, 0.1) is 0 Å². The molecule has 0 saturated carbocycles. The largest absolute Gasteiger partial charge is 0.369 e. The van der Waals surface area contributed by atoms with Crippen LogP contribution in [0.2, 0.25) is 0 Å². The normalized spacial score (nSPS) is 14.6. The molecule has 0 bridgehead atoms. The number of rotatable bonds is 5. The highest BCUT2D eigenvalue weighted by Crippen LogP contribution is 2.21. The first-order valence-corrected chi connectivity index (χ1v) is 10.5. The Kier molecular flexibility index (Phi) is 5.33. The Labute approximate surface area is 181 Å². The molecule has 3 N–H and O–H groups in total. The maximum absolute atomic E-state index is 5.98. The van der Waals surface area contributed by atoms with Gasteiger partial charge in [-0.2, -0.15) is 15.0 Å². The van der Waals surface area contributed by atoms with E-state index in [2.05, 4.69) is 84.7 Å². The first kappa shape index (κ1) is 19.3. The average molecular weight is 412 g/mol. The molecule has 2 heterocycles. The minimum absolute atomic E-state index is 0.233. The van der Waals surface area contributed by atoms with Gasteiger partial charge < -0.3 is 16.0 Å². The van der Waals surface area contributed by atoms with Crippen molar-refractivity contribution in [2.24, 2.45) is 0 Å². The van der Waals surface area contributed by atoms with Crippen molar-refractivity contribution in [3.05, 3.63) is 78.6 Å². The SMILES string of the molecule is Nc1nc(CN2CCN(c3ccccc3)CC2)nc(Nc2ccc3ccccc3c2)n1. The number of piperazine rings is 1. The van der Waals surface area contributed by atoms with E-state index in [1.54, 1.807) is 0 Å². The smallest absolute Gasteiger partial charge is 0.232 e. The van der Waals surface area contributed by atoms with Gasteiger partial charge in [0.15, 0.2) is 0 Å². The van der Waals surface area contributed by atoms with Gasteiger partial charge in [-0.15, -0.1) is 0 Å². The summed E-state index contributed by atoms with van der Waals surface area (Å²) in [6.07, 6.45) is 0. The van der Waals surface area contributed by atoms with Gasteiger partial charge in [0.1, 0.15) is 5.82 Å². The lowest BCUT2D eigenvalue weighted by Crippen LogP contribution is -2.46. The predicted octanol–water partition coefficient (Wildman–Crippen LogP) is 3.67. The number of benzene rings is 3. The van der Waals surface area contributed by atoms with Crippen LogP contribution in [0.5, 0.6) is 0 Å². The van der Waals surface area contributed by atoms with E-state index in [-0.39, 0.29) is 5.95 Å². The number of hydrogen-bond acceptors (Lipinski definition) is 7. The number of nitrogen functional groups attached to an aromatic ring is 1. The summed E-state index contributed by atoms with van der Waals surface area (Å²) in [4.78, 5) is 18.0. The molecule has 3 aromatic carbocycles. The molecule has 1 aliphatic heterocycles. The summed E-state index contributed by atoms with van der Waals surface area (Å²) in [5.74, 6) is 1.39. The molecular formula is C24H25N7. The Hall–Kier alpha value is -3.71. The van der Waals surface area contributed by atoms with Crippen LogP contribution in [-0.2, 0) is 6.54 Å². The molecule has 0 amide bonds. The molecule has 7 nitrogen and oxygen atoms in total. The van der Waals surface area contributed by atoms with Crippen LogP contribution in [0.15, 0.2) is 72.8 Å². The Bertz CT molecular complexity index is 1170. The van der Waals surface area contributed by atoms with E-state index < -0.39 is 0 Å². The zero-order valence-electron chi connectivity index (χ0n) is 17.3. The van der Waals surface area contributed by atoms with Crippen molar-refractivity contribution in [3.63, 3.8) is 0 Å². The fraction of sp³-hybridized carbons (Fsp3) is 0.208. The van der Waals surface area contributed by atoms with Crippen LogP contribution < -0.4 is 16.0 Å². The van der Waals surface area contributed by atoms with Crippen LogP contribution in [0.4, 0.5) is 23.3 Å². The summed E-state index contributed by atoms with van der Waals surface area (Å²) in [6, 6.07) is 25.0. The van der Waals surface area contributed by atoms with Crippen molar-refractivity contribution in [3.8, 4) is 0 Å². The maximum Gasteiger partial charge on any atom is 0.232 e. The number of nitrogens with one attached hydrogen (secondary N) is 1. The predicted molar refractivity (Wildman–Crippen MR) is 125 cm³/mol. The number of nitrogens with two attached hydrogens (primary N) is 1. The Balaban J connectivity index is 1.25. The Morgan fingerprint density at radius 1 is 0.774 bits per heavy atom. The number of anilines is 4. The number of para-hydroxylation sites is 1. The minimum atomic E-state index is 0.233. The van der Waals surface area contributed by atoms with E-state index in [0.29, 0.717) is 18.3 Å². The number of hydrogen-bond donors (Lipinski definition) is 2. The van der Waals surface area contributed by atoms with E-state index in [9.17, 15) is 0 Å². The molecule has 1 saturated heterocycles. The van der Waals surface area contributed by atoms with Crippen molar-refractivity contribution >= 4 is 34.0 Å². The topological polar surface area (TPSA) is 83.2 Å². The summed E-state index contributed by atoms with van der Waals surface area (Å²) < 4.78 is 0. The highest BCUT2D eigenvalue weighted by Gasteiger charge is 2.18. The van der Waals surface area contributed by atoms with Crippen molar-refractivity contribution < 1.29 is 0 Å². The standard InChI is InChI=1S/C24H25N7/c25-23-27-22(17-30-12-14-31(15-13-30)21-8-2-1-3-9-21)28-24(29-23)26-20-11-10-18-6-4-5-7-19(18)16-20/h1-11,16H,12-15,17H2,(H3,25,26,27,28,29). The summed E-state index contributed by atoms with van der Waals surface area (Å²) in [5.41, 5.74) is 8.17. The van der Waals surface area contributed by atoms with E-state index in [1.807, 2.05) is 18.2 Å². The lowest BCUT2D eigenvalue weighted by molar-refractivity contribution is 0.244. The van der Waals surface area contributed by atoms with Gasteiger partial charge in [0, 0.05) is 37.6 Å². The first-order chi connectivity index (χ1) is 15.2. The molecule has 1 fully saturated rings. The van der Waals surface area contributed by atoms with Gasteiger partial charge in [-0.25, -0.2) is 0 Å². The highest BCUT2D eigenvalue weighted by molar-refractivity contribution is 5.86. The summed E-state index contributed by atoms with van der Waals surface area (Å²) >= 11 is 0. The monoisotopic (exact) mass is 411 g/mol. The van der Waals surface area contributed by atoms with E-state index in [4.69, 9.17) is 5.73 Å². The highest BCUT2D eigenvalue weighted by atomic mass is 15.3. The second kappa shape index (κ2) is 8.57. The summed E-state index contributed by atoms with van der Waals surface area (Å²) in [6.45, 7) is 4.52. The van der Waals surface area contributed by atoms with Gasteiger partial charge >= 0.3 is 0 Å². The third-order valence-corrected chi connectivity index (χ3v) is 5.56. The summed E-state index contributed by atoms with van der Waals surface area (Å²) in [5, 5.41) is 5.63. The molecule has 156 valence electrons. The van der Waals surface area contributed by atoms with E-state index in [1.165, 1.54) is 11.1 Å². The number of fused-ring (bicyclic) bond motifs is 1. The van der Waals surface area contributed by atoms with Gasteiger partial charge in [-0.3, -0.25) is 4.90 Å². The van der Waals surface area contributed by atoms with Crippen molar-refractivity contribution in [2.45, 2.75) is 6.54 Å².